The summed E-state index contributed by atoms with van der Waals surface area (Å²) >= 11 is 1.48. The lowest BCUT2D eigenvalue weighted by Crippen LogP contribution is -2.26. The van der Waals surface area contributed by atoms with Crippen LogP contribution in [0.15, 0.2) is 29.4 Å². The summed E-state index contributed by atoms with van der Waals surface area (Å²) in [5.74, 6) is 0.502. The molecule has 0 radical (unpaired) electrons. The van der Waals surface area contributed by atoms with Gasteiger partial charge in [0.25, 0.3) is 0 Å². The summed E-state index contributed by atoms with van der Waals surface area (Å²) in [5, 5.41) is 3.83. The third-order valence-corrected chi connectivity index (χ3v) is 4.21. The van der Waals surface area contributed by atoms with Gasteiger partial charge < -0.3 is 9.88 Å². The third-order valence-electron chi connectivity index (χ3n) is 3.18. The molecule has 0 aliphatic heterocycles. The zero-order valence-corrected chi connectivity index (χ0v) is 12.9. The van der Waals surface area contributed by atoms with E-state index in [1.165, 1.54) is 18.2 Å². The quantitative estimate of drug-likeness (QED) is 0.630. The third kappa shape index (κ3) is 3.76. The van der Waals surface area contributed by atoms with E-state index in [-0.39, 0.29) is 5.91 Å². The maximum absolute atomic E-state index is 11.7. The molecule has 0 spiro atoms. The Morgan fingerprint density at radius 3 is 2.90 bits per heavy atom. The van der Waals surface area contributed by atoms with Crippen molar-refractivity contribution in [2.45, 2.75) is 31.3 Å². The van der Waals surface area contributed by atoms with Crippen molar-refractivity contribution in [2.24, 2.45) is 7.05 Å². The van der Waals surface area contributed by atoms with Gasteiger partial charge in [0, 0.05) is 13.6 Å². The smallest absolute Gasteiger partial charge is 0.230 e. The van der Waals surface area contributed by atoms with Crippen LogP contribution in [0.4, 0.5) is 0 Å². The highest BCUT2D eigenvalue weighted by Crippen LogP contribution is 2.22. The highest BCUT2D eigenvalue weighted by atomic mass is 32.2. The summed E-state index contributed by atoms with van der Waals surface area (Å²) < 4.78 is 2.03. The van der Waals surface area contributed by atoms with Gasteiger partial charge in [-0.3, -0.25) is 4.79 Å². The number of thioether (sulfide) groups is 1. The number of nitrogens with zero attached hydrogens (tertiary/aromatic N) is 2. The van der Waals surface area contributed by atoms with Crippen molar-refractivity contribution in [2.75, 3.05) is 12.3 Å². The number of imidazole rings is 1. The first kappa shape index (κ1) is 14.9. The zero-order valence-electron chi connectivity index (χ0n) is 12.1. The van der Waals surface area contributed by atoms with Gasteiger partial charge in [0.2, 0.25) is 5.91 Å². The van der Waals surface area contributed by atoms with E-state index in [1.54, 1.807) is 0 Å². The van der Waals surface area contributed by atoms with E-state index in [4.69, 9.17) is 0 Å². The van der Waals surface area contributed by atoms with Crippen LogP contribution in [0.2, 0.25) is 0 Å². The normalized spacial score (nSPS) is 10.9. The van der Waals surface area contributed by atoms with Gasteiger partial charge in [-0.2, -0.15) is 0 Å². The number of fused-ring (bicyclic) bond motifs is 1. The number of rotatable bonds is 7. The van der Waals surface area contributed by atoms with E-state index in [9.17, 15) is 4.79 Å². The van der Waals surface area contributed by atoms with Crippen molar-refractivity contribution in [3.05, 3.63) is 24.3 Å². The zero-order chi connectivity index (χ0) is 14.4. The molecule has 2 rings (SSSR count). The van der Waals surface area contributed by atoms with Crippen molar-refractivity contribution < 1.29 is 4.79 Å². The van der Waals surface area contributed by atoms with Crippen LogP contribution in [0.3, 0.4) is 0 Å². The molecule has 0 unspecified atom stereocenters. The number of carbonyl (C=O) groups is 1. The summed E-state index contributed by atoms with van der Waals surface area (Å²) in [5.41, 5.74) is 2.07. The fourth-order valence-corrected chi connectivity index (χ4v) is 2.85. The standard InChI is InChI=1S/C15H21N3OS/c1-3-4-7-10-16-14(19)11-20-15-17-12-8-5-6-9-13(12)18(15)2/h5-6,8-9H,3-4,7,10-11H2,1-2H3,(H,16,19). The summed E-state index contributed by atoms with van der Waals surface area (Å²) in [6.07, 6.45) is 3.39. The number of benzene rings is 1. The van der Waals surface area contributed by atoms with E-state index in [0.717, 1.165) is 35.6 Å². The summed E-state index contributed by atoms with van der Waals surface area (Å²) in [7, 11) is 1.98. The van der Waals surface area contributed by atoms with Gasteiger partial charge in [0.1, 0.15) is 0 Å². The number of amides is 1. The molecule has 0 atom stereocenters. The summed E-state index contributed by atoms with van der Waals surface area (Å²) in [6, 6.07) is 8.00. The number of aryl methyl sites for hydroxylation is 1. The molecular formula is C15H21N3OS. The van der Waals surface area contributed by atoms with Crippen LogP contribution in [0.5, 0.6) is 0 Å². The molecule has 0 aliphatic rings. The van der Waals surface area contributed by atoms with E-state index >= 15 is 0 Å². The molecule has 2 aromatic rings. The van der Waals surface area contributed by atoms with Crippen LogP contribution in [0, 0.1) is 0 Å². The second-order valence-electron chi connectivity index (χ2n) is 4.79. The van der Waals surface area contributed by atoms with Crippen LogP contribution in [0.1, 0.15) is 26.2 Å². The predicted octanol–water partition coefficient (Wildman–Crippen LogP) is 2.97. The SMILES string of the molecule is CCCCCNC(=O)CSc1nc2ccccc2n1C. The van der Waals surface area contributed by atoms with E-state index in [0.29, 0.717) is 5.75 Å². The average Bonchev–Trinajstić information content (AvgIpc) is 2.78. The largest absolute Gasteiger partial charge is 0.355 e. The van der Waals surface area contributed by atoms with E-state index in [1.807, 2.05) is 35.9 Å². The Morgan fingerprint density at radius 1 is 1.35 bits per heavy atom. The first-order chi connectivity index (χ1) is 9.72. The second-order valence-corrected chi connectivity index (χ2v) is 5.73. The van der Waals surface area contributed by atoms with Gasteiger partial charge in [-0.1, -0.05) is 43.7 Å². The number of para-hydroxylation sites is 2. The number of nitrogens with one attached hydrogen (secondary N) is 1. The lowest BCUT2D eigenvalue weighted by Gasteiger charge is -2.04. The van der Waals surface area contributed by atoms with E-state index < -0.39 is 0 Å². The maximum Gasteiger partial charge on any atom is 0.230 e. The summed E-state index contributed by atoms with van der Waals surface area (Å²) in [6.45, 7) is 2.93. The van der Waals surface area contributed by atoms with Crippen molar-refractivity contribution in [3.8, 4) is 0 Å². The Balaban J connectivity index is 1.86. The van der Waals surface area contributed by atoms with Gasteiger partial charge in [0.05, 0.1) is 16.8 Å². The monoisotopic (exact) mass is 291 g/mol. The molecule has 0 saturated carbocycles. The molecule has 0 aliphatic carbocycles. The fraction of sp³-hybridized carbons (Fsp3) is 0.467. The molecule has 20 heavy (non-hydrogen) atoms. The lowest BCUT2D eigenvalue weighted by molar-refractivity contribution is -0.118. The Hall–Kier alpha value is -1.49. The number of unbranched alkanes of at least 4 members (excludes halogenated alkanes) is 2. The van der Waals surface area contributed by atoms with Gasteiger partial charge in [-0.15, -0.1) is 0 Å². The Labute approximate surface area is 124 Å². The number of carbonyl (C=O) groups excluding carboxylic acids is 1. The maximum atomic E-state index is 11.7. The molecular weight excluding hydrogens is 270 g/mol. The molecule has 0 saturated heterocycles. The van der Waals surface area contributed by atoms with Crippen molar-refractivity contribution in [1.29, 1.82) is 0 Å². The van der Waals surface area contributed by atoms with Crippen LogP contribution < -0.4 is 5.32 Å². The molecule has 0 bridgehead atoms. The molecule has 1 N–H and O–H groups in total. The molecule has 1 aromatic carbocycles. The van der Waals surface area contributed by atoms with Gasteiger partial charge in [-0.25, -0.2) is 4.98 Å². The molecule has 1 amide bonds. The highest BCUT2D eigenvalue weighted by molar-refractivity contribution is 7.99. The fourth-order valence-electron chi connectivity index (χ4n) is 2.04. The molecule has 1 aromatic heterocycles. The van der Waals surface area contributed by atoms with Crippen LogP contribution in [0.25, 0.3) is 11.0 Å². The van der Waals surface area contributed by atoms with Gasteiger partial charge in [0.15, 0.2) is 5.16 Å². The number of hydrogen-bond donors (Lipinski definition) is 1. The second kappa shape index (κ2) is 7.33. The molecule has 1 heterocycles. The minimum atomic E-state index is 0.0816. The number of aromatic nitrogens is 2. The van der Waals surface area contributed by atoms with E-state index in [2.05, 4.69) is 17.2 Å². The Kier molecular flexibility index (Phi) is 5.47. The van der Waals surface area contributed by atoms with Crippen LogP contribution in [-0.4, -0.2) is 27.8 Å². The Morgan fingerprint density at radius 2 is 2.15 bits per heavy atom. The van der Waals surface area contributed by atoms with Crippen molar-refractivity contribution >= 4 is 28.7 Å². The van der Waals surface area contributed by atoms with Gasteiger partial charge in [-0.05, 0) is 18.6 Å². The van der Waals surface area contributed by atoms with Gasteiger partial charge >= 0.3 is 0 Å². The molecule has 5 heteroatoms. The van der Waals surface area contributed by atoms with Crippen LogP contribution in [-0.2, 0) is 11.8 Å². The summed E-state index contributed by atoms with van der Waals surface area (Å²) in [4.78, 5) is 16.3. The first-order valence-electron chi connectivity index (χ1n) is 7.03. The molecule has 0 fully saturated rings. The predicted molar refractivity (Wildman–Crippen MR) is 84.0 cm³/mol. The van der Waals surface area contributed by atoms with Crippen LogP contribution >= 0.6 is 11.8 Å². The van der Waals surface area contributed by atoms with Crippen molar-refractivity contribution in [1.82, 2.24) is 14.9 Å². The molecule has 4 nitrogen and oxygen atoms in total. The minimum absolute atomic E-state index is 0.0816. The first-order valence-corrected chi connectivity index (χ1v) is 8.02. The Bertz CT molecular complexity index is 580. The minimum Gasteiger partial charge on any atom is -0.355 e. The van der Waals surface area contributed by atoms with Crippen molar-refractivity contribution in [3.63, 3.8) is 0 Å². The highest BCUT2D eigenvalue weighted by Gasteiger charge is 2.09. The average molecular weight is 291 g/mol. The topological polar surface area (TPSA) is 46.9 Å². The lowest BCUT2D eigenvalue weighted by atomic mass is 10.2. The number of hydrogen-bond acceptors (Lipinski definition) is 3. The molecule has 108 valence electrons.